The van der Waals surface area contributed by atoms with Gasteiger partial charge in [-0.3, -0.25) is 0 Å². The SMILES string of the molecule is CC(C)(F)C1(C=O)CC1. The van der Waals surface area contributed by atoms with Gasteiger partial charge in [0, 0.05) is 0 Å². The van der Waals surface area contributed by atoms with Gasteiger partial charge in [-0.15, -0.1) is 0 Å². The fraction of sp³-hybridized carbons (Fsp3) is 0.857. The van der Waals surface area contributed by atoms with E-state index in [1.165, 1.54) is 13.8 Å². The number of carbonyl (C=O) groups is 1. The molecule has 1 saturated carbocycles. The summed E-state index contributed by atoms with van der Waals surface area (Å²) in [4.78, 5) is 10.3. The second-order valence-corrected chi connectivity index (χ2v) is 3.25. The zero-order chi connectivity index (χ0) is 7.12. The summed E-state index contributed by atoms with van der Waals surface area (Å²) < 4.78 is 13.0. The average Bonchev–Trinajstić information content (AvgIpc) is 2.40. The van der Waals surface area contributed by atoms with Gasteiger partial charge in [0.1, 0.15) is 12.0 Å². The molecule has 0 aromatic heterocycles. The van der Waals surface area contributed by atoms with Crippen molar-refractivity contribution < 1.29 is 9.18 Å². The van der Waals surface area contributed by atoms with E-state index in [9.17, 15) is 9.18 Å². The van der Waals surface area contributed by atoms with Gasteiger partial charge in [-0.1, -0.05) is 0 Å². The first-order valence-corrected chi connectivity index (χ1v) is 3.17. The van der Waals surface area contributed by atoms with Gasteiger partial charge >= 0.3 is 0 Å². The lowest BCUT2D eigenvalue weighted by atomic mass is 9.91. The molecule has 0 aromatic rings. The molecule has 0 N–H and O–H groups in total. The van der Waals surface area contributed by atoms with Crippen LogP contribution in [0.4, 0.5) is 4.39 Å². The lowest BCUT2D eigenvalue weighted by Gasteiger charge is -2.20. The predicted molar refractivity (Wildman–Crippen MR) is 32.9 cm³/mol. The van der Waals surface area contributed by atoms with E-state index >= 15 is 0 Å². The summed E-state index contributed by atoms with van der Waals surface area (Å²) >= 11 is 0. The highest BCUT2D eigenvalue weighted by Crippen LogP contribution is 2.53. The number of rotatable bonds is 2. The van der Waals surface area contributed by atoms with E-state index in [1.54, 1.807) is 0 Å². The molecule has 0 amide bonds. The van der Waals surface area contributed by atoms with Crippen LogP contribution in [0.25, 0.3) is 0 Å². The van der Waals surface area contributed by atoms with Crippen molar-refractivity contribution in [1.82, 2.24) is 0 Å². The minimum absolute atomic E-state index is 0.618. The summed E-state index contributed by atoms with van der Waals surface area (Å²) in [5, 5.41) is 0. The Bertz CT molecular complexity index is 130. The molecular formula is C7H11FO. The smallest absolute Gasteiger partial charge is 0.129 e. The lowest BCUT2D eigenvalue weighted by Crippen LogP contribution is -2.28. The number of alkyl halides is 1. The number of hydrogen-bond acceptors (Lipinski definition) is 1. The van der Waals surface area contributed by atoms with E-state index < -0.39 is 11.1 Å². The van der Waals surface area contributed by atoms with E-state index in [4.69, 9.17) is 0 Å². The van der Waals surface area contributed by atoms with Gasteiger partial charge in [-0.05, 0) is 26.7 Å². The molecule has 0 saturated heterocycles. The van der Waals surface area contributed by atoms with Crippen LogP contribution in [-0.4, -0.2) is 12.0 Å². The van der Waals surface area contributed by atoms with Crippen LogP contribution < -0.4 is 0 Å². The highest BCUT2D eigenvalue weighted by atomic mass is 19.1. The molecule has 1 aliphatic carbocycles. The zero-order valence-corrected chi connectivity index (χ0v) is 5.78. The van der Waals surface area contributed by atoms with Crippen molar-refractivity contribution in [2.75, 3.05) is 0 Å². The van der Waals surface area contributed by atoms with Gasteiger partial charge in [0.15, 0.2) is 0 Å². The van der Waals surface area contributed by atoms with Crippen molar-refractivity contribution >= 4 is 6.29 Å². The van der Waals surface area contributed by atoms with Crippen LogP contribution in [0.3, 0.4) is 0 Å². The van der Waals surface area contributed by atoms with E-state index in [0.717, 1.165) is 19.1 Å². The highest BCUT2D eigenvalue weighted by Gasteiger charge is 2.55. The Balaban J connectivity index is 2.71. The molecule has 0 aromatic carbocycles. The van der Waals surface area contributed by atoms with Crippen molar-refractivity contribution in [2.24, 2.45) is 5.41 Å². The summed E-state index contributed by atoms with van der Waals surface area (Å²) in [7, 11) is 0. The topological polar surface area (TPSA) is 17.1 Å². The van der Waals surface area contributed by atoms with E-state index in [2.05, 4.69) is 0 Å². The van der Waals surface area contributed by atoms with Crippen LogP contribution in [0.2, 0.25) is 0 Å². The first kappa shape index (κ1) is 6.72. The third-order valence-electron chi connectivity index (χ3n) is 2.20. The zero-order valence-electron chi connectivity index (χ0n) is 5.78. The Morgan fingerprint density at radius 1 is 1.56 bits per heavy atom. The van der Waals surface area contributed by atoms with E-state index in [1.807, 2.05) is 0 Å². The second-order valence-electron chi connectivity index (χ2n) is 3.25. The normalized spacial score (nSPS) is 23.4. The van der Waals surface area contributed by atoms with Crippen molar-refractivity contribution in [3.05, 3.63) is 0 Å². The third kappa shape index (κ3) is 0.865. The predicted octanol–water partition coefficient (Wildman–Crippen LogP) is 1.71. The maximum absolute atomic E-state index is 13.0. The molecule has 0 spiro atoms. The molecule has 1 aliphatic rings. The summed E-state index contributed by atoms with van der Waals surface area (Å²) in [6.07, 6.45) is 2.20. The Hall–Kier alpha value is -0.400. The summed E-state index contributed by atoms with van der Waals surface area (Å²) in [5.74, 6) is 0. The van der Waals surface area contributed by atoms with Crippen LogP contribution >= 0.6 is 0 Å². The van der Waals surface area contributed by atoms with Gasteiger partial charge in [-0.25, -0.2) is 4.39 Å². The van der Waals surface area contributed by atoms with Crippen molar-refractivity contribution in [1.29, 1.82) is 0 Å². The minimum atomic E-state index is -1.31. The molecule has 1 rings (SSSR count). The molecule has 0 atom stereocenters. The van der Waals surface area contributed by atoms with Crippen LogP contribution in [0.5, 0.6) is 0 Å². The van der Waals surface area contributed by atoms with E-state index in [0.29, 0.717) is 0 Å². The third-order valence-corrected chi connectivity index (χ3v) is 2.20. The molecule has 52 valence electrons. The Labute approximate surface area is 54.3 Å². The Morgan fingerprint density at radius 2 is 2.00 bits per heavy atom. The van der Waals surface area contributed by atoms with Crippen LogP contribution in [0, 0.1) is 5.41 Å². The standard InChI is InChI=1S/C7H11FO/c1-6(2,8)7(5-9)3-4-7/h5H,3-4H2,1-2H3. The maximum Gasteiger partial charge on any atom is 0.129 e. The summed E-state index contributed by atoms with van der Waals surface area (Å²) in [6.45, 7) is 2.93. The maximum atomic E-state index is 13.0. The van der Waals surface area contributed by atoms with Crippen molar-refractivity contribution in [2.45, 2.75) is 32.4 Å². The van der Waals surface area contributed by atoms with Gasteiger partial charge in [0.2, 0.25) is 0 Å². The molecule has 0 heterocycles. The number of carbonyl (C=O) groups excluding carboxylic acids is 1. The van der Waals surface area contributed by atoms with Gasteiger partial charge in [0.05, 0.1) is 5.41 Å². The molecule has 0 unspecified atom stereocenters. The van der Waals surface area contributed by atoms with Crippen LogP contribution in [-0.2, 0) is 4.79 Å². The van der Waals surface area contributed by atoms with Crippen LogP contribution in [0.1, 0.15) is 26.7 Å². The molecule has 2 heteroatoms. The number of halogens is 1. The minimum Gasteiger partial charge on any atom is -0.303 e. The van der Waals surface area contributed by atoms with Crippen LogP contribution in [0.15, 0.2) is 0 Å². The Morgan fingerprint density at radius 3 is 2.00 bits per heavy atom. The quantitative estimate of drug-likeness (QED) is 0.520. The monoisotopic (exact) mass is 130 g/mol. The highest BCUT2D eigenvalue weighted by molar-refractivity contribution is 5.65. The summed E-state index contributed by atoms with van der Waals surface area (Å²) in [6, 6.07) is 0. The molecule has 9 heavy (non-hydrogen) atoms. The second kappa shape index (κ2) is 1.55. The molecule has 1 nitrogen and oxygen atoms in total. The fourth-order valence-corrected chi connectivity index (χ4v) is 0.987. The number of aldehydes is 1. The van der Waals surface area contributed by atoms with Crippen molar-refractivity contribution in [3.8, 4) is 0 Å². The molecule has 0 radical (unpaired) electrons. The summed E-state index contributed by atoms with van der Waals surface area (Å²) in [5.41, 5.74) is -1.93. The number of hydrogen-bond donors (Lipinski definition) is 0. The van der Waals surface area contributed by atoms with Gasteiger partial charge in [-0.2, -0.15) is 0 Å². The molecule has 1 fully saturated rings. The largest absolute Gasteiger partial charge is 0.303 e. The van der Waals surface area contributed by atoms with Gasteiger partial charge < -0.3 is 4.79 Å². The molecule has 0 bridgehead atoms. The molecular weight excluding hydrogens is 119 g/mol. The first-order valence-electron chi connectivity index (χ1n) is 3.17. The average molecular weight is 130 g/mol. The van der Waals surface area contributed by atoms with E-state index in [-0.39, 0.29) is 0 Å². The molecule has 0 aliphatic heterocycles. The first-order chi connectivity index (χ1) is 4.02. The Kier molecular flexibility index (Phi) is 1.16. The van der Waals surface area contributed by atoms with Crippen molar-refractivity contribution in [3.63, 3.8) is 0 Å². The fourth-order valence-electron chi connectivity index (χ4n) is 0.987. The lowest BCUT2D eigenvalue weighted by molar-refractivity contribution is -0.116. The van der Waals surface area contributed by atoms with Gasteiger partial charge in [0.25, 0.3) is 0 Å².